The fourth-order valence-electron chi connectivity index (χ4n) is 4.29. The fourth-order valence-corrected chi connectivity index (χ4v) is 4.48. The quantitative estimate of drug-likeness (QED) is 0.248. The second-order valence-electron chi connectivity index (χ2n) is 8.66. The topological polar surface area (TPSA) is 56.1 Å². The van der Waals surface area contributed by atoms with Gasteiger partial charge < -0.3 is 10.1 Å². The number of carbonyl (C=O) groups is 1. The Balaban J connectivity index is 1.54. The molecule has 5 rings (SSSR count). The molecule has 0 aliphatic heterocycles. The van der Waals surface area contributed by atoms with Crippen LogP contribution in [0.1, 0.15) is 27.7 Å². The summed E-state index contributed by atoms with van der Waals surface area (Å²) in [5.41, 5.74) is 4.78. The summed E-state index contributed by atoms with van der Waals surface area (Å²) in [5, 5.41) is 8.61. The molecule has 4 aromatic carbocycles. The number of halogens is 1. The van der Waals surface area contributed by atoms with Crippen molar-refractivity contribution in [3.8, 4) is 22.7 Å². The molecule has 0 aliphatic carbocycles. The number of rotatable bonds is 8. The van der Waals surface area contributed by atoms with E-state index in [2.05, 4.69) is 17.4 Å². The van der Waals surface area contributed by atoms with Crippen molar-refractivity contribution < 1.29 is 9.53 Å². The predicted octanol–water partition coefficient (Wildman–Crippen LogP) is 6.92. The van der Waals surface area contributed by atoms with E-state index in [-0.39, 0.29) is 11.9 Å². The Labute approximate surface area is 221 Å². The van der Waals surface area contributed by atoms with E-state index in [0.29, 0.717) is 34.3 Å². The highest BCUT2D eigenvalue weighted by atomic mass is 35.5. The van der Waals surface area contributed by atoms with Gasteiger partial charge in [-0.2, -0.15) is 5.10 Å². The molecule has 184 valence electrons. The Hall–Kier alpha value is -4.35. The van der Waals surface area contributed by atoms with Crippen molar-refractivity contribution in [3.63, 3.8) is 0 Å². The van der Waals surface area contributed by atoms with Crippen LogP contribution in [0.2, 0.25) is 5.02 Å². The average molecular weight is 508 g/mol. The van der Waals surface area contributed by atoms with Gasteiger partial charge in [-0.25, -0.2) is 4.68 Å². The molecule has 1 atom stereocenters. The van der Waals surface area contributed by atoms with E-state index in [1.807, 2.05) is 84.9 Å². The molecule has 1 unspecified atom stereocenters. The summed E-state index contributed by atoms with van der Waals surface area (Å²) in [6.07, 6.45) is 0.657. The van der Waals surface area contributed by atoms with Crippen molar-refractivity contribution in [2.75, 3.05) is 7.11 Å². The molecule has 0 aliphatic rings. The van der Waals surface area contributed by atoms with Crippen LogP contribution in [-0.2, 0) is 6.42 Å². The van der Waals surface area contributed by atoms with E-state index in [1.165, 1.54) is 0 Å². The maximum Gasteiger partial charge on any atom is 0.270 e. The van der Waals surface area contributed by atoms with Crippen molar-refractivity contribution in [1.29, 1.82) is 0 Å². The number of ether oxygens (including phenoxy) is 1. The van der Waals surface area contributed by atoms with E-state index in [4.69, 9.17) is 21.4 Å². The van der Waals surface area contributed by atoms with Gasteiger partial charge >= 0.3 is 0 Å². The standard InChI is InChI=1S/C31H26ClN3O2/c1-37-27-17-8-14-24(19-27)29-21-30(35(34-29)26-16-9-15-25(32)20-26)31(36)33-28(23-12-6-3-7-13-23)18-22-10-4-2-5-11-22/h2-17,19-21,28H,18H2,1H3,(H,33,36). The van der Waals surface area contributed by atoms with E-state index in [9.17, 15) is 4.79 Å². The Morgan fingerprint density at radius 3 is 2.35 bits per heavy atom. The number of hydrogen-bond acceptors (Lipinski definition) is 3. The third-order valence-corrected chi connectivity index (χ3v) is 6.39. The molecule has 37 heavy (non-hydrogen) atoms. The number of nitrogens with one attached hydrogen (secondary N) is 1. The third-order valence-electron chi connectivity index (χ3n) is 6.15. The smallest absolute Gasteiger partial charge is 0.270 e. The van der Waals surface area contributed by atoms with Gasteiger partial charge in [0, 0.05) is 10.6 Å². The first-order chi connectivity index (χ1) is 18.1. The molecule has 0 fully saturated rings. The number of carbonyl (C=O) groups excluding carboxylic acids is 1. The van der Waals surface area contributed by atoms with Gasteiger partial charge in [0.2, 0.25) is 0 Å². The lowest BCUT2D eigenvalue weighted by Gasteiger charge is -2.20. The maximum absolute atomic E-state index is 13.8. The van der Waals surface area contributed by atoms with Crippen molar-refractivity contribution in [2.24, 2.45) is 0 Å². The van der Waals surface area contributed by atoms with Crippen molar-refractivity contribution in [1.82, 2.24) is 15.1 Å². The predicted molar refractivity (Wildman–Crippen MR) is 147 cm³/mol. The molecule has 1 heterocycles. The SMILES string of the molecule is COc1cccc(-c2cc(C(=O)NC(Cc3ccccc3)c3ccccc3)n(-c3cccc(Cl)c3)n2)c1. The second kappa shape index (κ2) is 11.1. The lowest BCUT2D eigenvalue weighted by molar-refractivity contribution is 0.0928. The highest BCUT2D eigenvalue weighted by Crippen LogP contribution is 2.27. The summed E-state index contributed by atoms with van der Waals surface area (Å²) in [5.74, 6) is 0.485. The van der Waals surface area contributed by atoms with Crippen LogP contribution in [0.15, 0.2) is 115 Å². The van der Waals surface area contributed by atoms with Gasteiger partial charge in [-0.05, 0) is 53.9 Å². The summed E-state index contributed by atoms with van der Waals surface area (Å²) >= 11 is 6.29. The Bertz CT molecular complexity index is 1500. The highest BCUT2D eigenvalue weighted by Gasteiger charge is 2.22. The average Bonchev–Trinajstić information content (AvgIpc) is 3.40. The highest BCUT2D eigenvalue weighted by molar-refractivity contribution is 6.30. The normalized spacial score (nSPS) is 11.6. The van der Waals surface area contributed by atoms with E-state index < -0.39 is 0 Å². The molecule has 0 radical (unpaired) electrons. The second-order valence-corrected chi connectivity index (χ2v) is 9.10. The molecule has 1 amide bonds. The molecule has 5 aromatic rings. The number of nitrogens with zero attached hydrogens (tertiary/aromatic N) is 2. The fraction of sp³-hybridized carbons (Fsp3) is 0.0968. The number of aromatic nitrogens is 2. The van der Waals surface area contributed by atoms with Crippen molar-refractivity contribution in [3.05, 3.63) is 137 Å². The first-order valence-corrected chi connectivity index (χ1v) is 12.4. The van der Waals surface area contributed by atoms with Crippen LogP contribution in [-0.4, -0.2) is 22.8 Å². The Morgan fingerprint density at radius 1 is 0.892 bits per heavy atom. The minimum atomic E-state index is -0.230. The summed E-state index contributed by atoms with van der Waals surface area (Å²) < 4.78 is 7.03. The number of methoxy groups -OCH3 is 1. The molecule has 0 bridgehead atoms. The van der Waals surface area contributed by atoms with E-state index in [1.54, 1.807) is 30.0 Å². The van der Waals surface area contributed by atoms with Crippen LogP contribution >= 0.6 is 11.6 Å². The zero-order chi connectivity index (χ0) is 25.6. The van der Waals surface area contributed by atoms with Gasteiger partial charge in [-0.15, -0.1) is 0 Å². The Morgan fingerprint density at radius 2 is 1.62 bits per heavy atom. The first kappa shape index (κ1) is 24.3. The molecule has 6 heteroatoms. The van der Waals surface area contributed by atoms with Crippen LogP contribution in [0.4, 0.5) is 0 Å². The van der Waals surface area contributed by atoms with Crippen LogP contribution in [0.3, 0.4) is 0 Å². The van der Waals surface area contributed by atoms with Crippen LogP contribution < -0.4 is 10.1 Å². The van der Waals surface area contributed by atoms with Crippen LogP contribution in [0.25, 0.3) is 16.9 Å². The van der Waals surface area contributed by atoms with E-state index in [0.717, 1.165) is 16.7 Å². The van der Waals surface area contributed by atoms with Crippen molar-refractivity contribution >= 4 is 17.5 Å². The van der Waals surface area contributed by atoms with Crippen molar-refractivity contribution in [2.45, 2.75) is 12.5 Å². The van der Waals surface area contributed by atoms with E-state index >= 15 is 0 Å². The molecular formula is C31H26ClN3O2. The lowest BCUT2D eigenvalue weighted by atomic mass is 9.98. The summed E-state index contributed by atoms with van der Waals surface area (Å²) in [7, 11) is 1.62. The molecular weight excluding hydrogens is 482 g/mol. The third kappa shape index (κ3) is 5.74. The Kier molecular flexibility index (Phi) is 7.33. The molecule has 0 saturated carbocycles. The molecule has 1 aromatic heterocycles. The molecule has 1 N–H and O–H groups in total. The maximum atomic E-state index is 13.8. The summed E-state index contributed by atoms with van der Waals surface area (Å²) in [6, 6.07) is 36.6. The molecule has 5 nitrogen and oxygen atoms in total. The minimum absolute atomic E-state index is 0.223. The summed E-state index contributed by atoms with van der Waals surface area (Å²) in [6.45, 7) is 0. The minimum Gasteiger partial charge on any atom is -0.497 e. The monoisotopic (exact) mass is 507 g/mol. The number of hydrogen-bond donors (Lipinski definition) is 1. The zero-order valence-electron chi connectivity index (χ0n) is 20.3. The number of benzene rings is 4. The van der Waals surface area contributed by atoms with Gasteiger partial charge in [-0.3, -0.25) is 4.79 Å². The lowest BCUT2D eigenvalue weighted by Crippen LogP contribution is -2.31. The first-order valence-electron chi connectivity index (χ1n) is 12.0. The van der Waals surface area contributed by atoms with Gasteiger partial charge in [0.05, 0.1) is 24.5 Å². The largest absolute Gasteiger partial charge is 0.497 e. The van der Waals surface area contributed by atoms with Gasteiger partial charge in [-0.1, -0.05) is 90.5 Å². The number of amides is 1. The van der Waals surface area contributed by atoms with Gasteiger partial charge in [0.1, 0.15) is 11.4 Å². The summed E-state index contributed by atoms with van der Waals surface area (Å²) in [4.78, 5) is 13.8. The molecule has 0 saturated heterocycles. The van der Waals surface area contributed by atoms with Gasteiger partial charge in [0.25, 0.3) is 5.91 Å². The van der Waals surface area contributed by atoms with Gasteiger partial charge in [0.15, 0.2) is 0 Å². The van der Waals surface area contributed by atoms with Crippen LogP contribution in [0, 0.1) is 0 Å². The molecule has 0 spiro atoms. The van der Waals surface area contributed by atoms with Crippen LogP contribution in [0.5, 0.6) is 5.75 Å². The zero-order valence-corrected chi connectivity index (χ0v) is 21.1.